The molecule has 0 aliphatic rings. The van der Waals surface area contributed by atoms with Crippen molar-refractivity contribution in [2.75, 3.05) is 5.32 Å². The van der Waals surface area contributed by atoms with Crippen LogP contribution in [0, 0.1) is 3.57 Å². The van der Waals surface area contributed by atoms with Gasteiger partial charge >= 0.3 is 15.2 Å². The zero-order valence-corrected chi connectivity index (χ0v) is 12.2. The maximum absolute atomic E-state index is 11.0. The zero-order valence-electron chi connectivity index (χ0n) is 8.26. The highest BCUT2D eigenvalue weighted by Gasteiger charge is 2.43. The van der Waals surface area contributed by atoms with E-state index >= 15 is 0 Å². The van der Waals surface area contributed by atoms with E-state index in [1.165, 1.54) is 12.1 Å². The van der Waals surface area contributed by atoms with Gasteiger partial charge in [-0.3, -0.25) is 9.13 Å². The van der Waals surface area contributed by atoms with Crippen molar-refractivity contribution in [2.24, 2.45) is 0 Å². The van der Waals surface area contributed by atoms with Crippen LogP contribution in [-0.2, 0) is 9.13 Å². The van der Waals surface area contributed by atoms with Crippen molar-refractivity contribution in [1.29, 1.82) is 0 Å². The number of rotatable bonds is 4. The average Bonchev–Trinajstić information content (AvgIpc) is 2.13. The Morgan fingerprint density at radius 1 is 1.00 bits per heavy atom. The van der Waals surface area contributed by atoms with E-state index in [2.05, 4.69) is 5.32 Å². The minimum atomic E-state index is -4.95. The van der Waals surface area contributed by atoms with Crippen molar-refractivity contribution in [3.05, 3.63) is 27.8 Å². The quantitative estimate of drug-likeness (QED) is 0.386. The topological polar surface area (TPSA) is 127 Å². The number of hydrogen-bond acceptors (Lipinski definition) is 3. The third-order valence-electron chi connectivity index (χ3n) is 1.78. The van der Waals surface area contributed by atoms with Gasteiger partial charge in [0.1, 0.15) is 0 Å². The van der Waals surface area contributed by atoms with E-state index in [-0.39, 0.29) is 5.69 Å². The highest BCUT2D eigenvalue weighted by atomic mass is 127. The van der Waals surface area contributed by atoms with E-state index in [9.17, 15) is 9.13 Å². The van der Waals surface area contributed by atoms with Gasteiger partial charge in [-0.25, -0.2) is 0 Å². The Bertz CT molecular complexity index is 458. The molecule has 10 heteroatoms. The molecular formula is C7H10INO6P2. The van der Waals surface area contributed by atoms with Gasteiger partial charge < -0.3 is 24.9 Å². The Hall–Kier alpha value is 0.0500. The van der Waals surface area contributed by atoms with E-state index in [0.29, 0.717) is 0 Å². The summed E-state index contributed by atoms with van der Waals surface area (Å²) in [7, 11) is -9.90. The molecule has 0 aromatic heterocycles. The first kappa shape index (κ1) is 15.1. The Morgan fingerprint density at radius 3 is 1.76 bits per heavy atom. The third kappa shape index (κ3) is 4.67. The average molecular weight is 393 g/mol. The number of anilines is 1. The van der Waals surface area contributed by atoms with Crippen molar-refractivity contribution >= 4 is 43.5 Å². The van der Waals surface area contributed by atoms with Crippen LogP contribution in [-0.4, -0.2) is 25.1 Å². The minimum Gasteiger partial charge on any atom is -0.362 e. The van der Waals surface area contributed by atoms with Crippen LogP contribution in [0.3, 0.4) is 0 Å². The molecule has 5 N–H and O–H groups in total. The second-order valence-electron chi connectivity index (χ2n) is 3.20. The summed E-state index contributed by atoms with van der Waals surface area (Å²) < 4.78 is 22.9. The van der Waals surface area contributed by atoms with Crippen molar-refractivity contribution < 1.29 is 28.7 Å². The summed E-state index contributed by atoms with van der Waals surface area (Å²) in [5, 5.41) is 2.16. The van der Waals surface area contributed by atoms with E-state index < -0.39 is 20.7 Å². The lowest BCUT2D eigenvalue weighted by Crippen LogP contribution is -2.19. The monoisotopic (exact) mass is 393 g/mol. The molecule has 7 nitrogen and oxygen atoms in total. The standard InChI is InChI=1S/C7H10INO6P2/c8-5-1-3-6(4-2-5)9-7(16(10,11)12)17(13,14)15/h1-4,7,9H,(H2,10,11,12)(H2,13,14,15). The zero-order chi connectivity index (χ0) is 13.3. The van der Waals surface area contributed by atoms with Crippen molar-refractivity contribution in [3.63, 3.8) is 0 Å². The Balaban J connectivity index is 3.00. The summed E-state index contributed by atoms with van der Waals surface area (Å²) in [5.74, 6) is 0. The molecule has 1 aromatic rings. The van der Waals surface area contributed by atoms with Gasteiger partial charge in [-0.15, -0.1) is 0 Å². The van der Waals surface area contributed by atoms with Crippen LogP contribution in [0.4, 0.5) is 5.69 Å². The minimum absolute atomic E-state index is 0.224. The van der Waals surface area contributed by atoms with Crippen molar-refractivity contribution in [3.8, 4) is 0 Å². The molecule has 0 aliphatic carbocycles. The van der Waals surface area contributed by atoms with Crippen LogP contribution >= 0.6 is 37.8 Å². The molecular weight excluding hydrogens is 383 g/mol. The summed E-state index contributed by atoms with van der Waals surface area (Å²) in [5.41, 5.74) is -2.00. The summed E-state index contributed by atoms with van der Waals surface area (Å²) >= 11 is 2.03. The van der Waals surface area contributed by atoms with Crippen LogP contribution in [0.1, 0.15) is 0 Å². The first-order valence-electron chi connectivity index (χ1n) is 4.23. The van der Waals surface area contributed by atoms with Crippen molar-refractivity contribution in [2.45, 2.75) is 5.52 Å². The molecule has 0 saturated carbocycles. The normalized spacial score (nSPS) is 12.8. The molecule has 0 fully saturated rings. The molecule has 0 saturated heterocycles. The highest BCUT2D eigenvalue weighted by molar-refractivity contribution is 14.1. The van der Waals surface area contributed by atoms with E-state index in [1.807, 2.05) is 22.6 Å². The van der Waals surface area contributed by atoms with Crippen LogP contribution in [0.25, 0.3) is 0 Å². The van der Waals surface area contributed by atoms with Gasteiger partial charge in [0.2, 0.25) is 5.52 Å². The number of benzene rings is 1. The molecule has 0 radical (unpaired) electrons. The molecule has 1 aromatic carbocycles. The smallest absolute Gasteiger partial charge is 0.360 e. The fourth-order valence-corrected chi connectivity index (χ4v) is 3.62. The largest absolute Gasteiger partial charge is 0.362 e. The van der Waals surface area contributed by atoms with Gasteiger partial charge in [-0.2, -0.15) is 0 Å². The van der Waals surface area contributed by atoms with Crippen LogP contribution in [0.15, 0.2) is 24.3 Å². The van der Waals surface area contributed by atoms with Gasteiger partial charge in [0, 0.05) is 9.26 Å². The molecule has 17 heavy (non-hydrogen) atoms. The Kier molecular flexibility index (Phi) is 4.76. The molecule has 0 bridgehead atoms. The third-order valence-corrected chi connectivity index (χ3v) is 5.83. The molecule has 0 heterocycles. The van der Waals surface area contributed by atoms with Gasteiger partial charge in [-0.05, 0) is 46.9 Å². The van der Waals surface area contributed by atoms with E-state index in [4.69, 9.17) is 19.6 Å². The first-order chi connectivity index (χ1) is 7.60. The number of halogens is 1. The maximum atomic E-state index is 11.0. The molecule has 0 unspecified atom stereocenters. The maximum Gasteiger partial charge on any atom is 0.360 e. The molecule has 0 amide bonds. The molecule has 0 aliphatic heterocycles. The SMILES string of the molecule is O=P(O)(O)C(Nc1ccc(I)cc1)P(=O)(O)O. The second kappa shape index (κ2) is 5.36. The lowest BCUT2D eigenvalue weighted by Gasteiger charge is -2.21. The summed E-state index contributed by atoms with van der Waals surface area (Å²) in [6, 6.07) is 6.22. The van der Waals surface area contributed by atoms with Crippen molar-refractivity contribution in [1.82, 2.24) is 0 Å². The first-order valence-corrected chi connectivity index (χ1v) is 8.67. The van der Waals surface area contributed by atoms with E-state index in [1.54, 1.807) is 12.1 Å². The molecule has 0 atom stereocenters. The Labute approximate surface area is 111 Å². The predicted octanol–water partition coefficient (Wildman–Crippen LogP) is 1.34. The fraction of sp³-hybridized carbons (Fsp3) is 0.143. The summed E-state index contributed by atoms with van der Waals surface area (Å²) in [6.07, 6.45) is 0. The van der Waals surface area contributed by atoms with Gasteiger partial charge in [0.15, 0.2) is 0 Å². The van der Waals surface area contributed by atoms with Crippen LogP contribution in [0.2, 0.25) is 0 Å². The predicted molar refractivity (Wildman–Crippen MR) is 70.7 cm³/mol. The number of hydrogen-bond donors (Lipinski definition) is 5. The summed E-state index contributed by atoms with van der Waals surface area (Å²) in [6.45, 7) is 0. The number of nitrogens with one attached hydrogen (secondary N) is 1. The second-order valence-corrected chi connectivity index (χ2v) is 8.25. The van der Waals surface area contributed by atoms with E-state index in [0.717, 1.165) is 3.57 Å². The Morgan fingerprint density at radius 2 is 1.41 bits per heavy atom. The van der Waals surface area contributed by atoms with Gasteiger partial charge in [0.05, 0.1) is 0 Å². The van der Waals surface area contributed by atoms with Crippen LogP contribution in [0.5, 0.6) is 0 Å². The van der Waals surface area contributed by atoms with Gasteiger partial charge in [-0.1, -0.05) is 0 Å². The van der Waals surface area contributed by atoms with Gasteiger partial charge in [0.25, 0.3) is 0 Å². The lowest BCUT2D eigenvalue weighted by molar-refractivity contribution is 0.343. The molecule has 0 spiro atoms. The summed E-state index contributed by atoms with van der Waals surface area (Å²) in [4.78, 5) is 35.5. The lowest BCUT2D eigenvalue weighted by atomic mass is 10.3. The highest BCUT2D eigenvalue weighted by Crippen LogP contribution is 2.59. The molecule has 96 valence electrons. The fourth-order valence-electron chi connectivity index (χ4n) is 1.06. The van der Waals surface area contributed by atoms with Crippen LogP contribution < -0.4 is 5.32 Å². The molecule has 1 rings (SSSR count).